The number of nitrogens with zero attached hydrogens (tertiary/aromatic N) is 1. The Balaban J connectivity index is 1.92. The SMILES string of the molecule is Cc1cc[nH]c(=O)c1-c1cnc(NC2CCCC2)c(F)c1. The number of H-pyrrole nitrogens is 1. The number of aromatic amines is 1. The number of nitrogens with one attached hydrogen (secondary N) is 2. The Morgan fingerprint density at radius 3 is 2.81 bits per heavy atom. The van der Waals surface area contributed by atoms with Gasteiger partial charge in [0.1, 0.15) is 0 Å². The van der Waals surface area contributed by atoms with Crippen molar-refractivity contribution in [2.24, 2.45) is 0 Å². The Morgan fingerprint density at radius 2 is 2.14 bits per heavy atom. The molecule has 0 aromatic carbocycles. The molecule has 0 radical (unpaired) electrons. The second-order valence-corrected chi connectivity index (χ2v) is 5.54. The maximum Gasteiger partial charge on any atom is 0.256 e. The zero-order valence-electron chi connectivity index (χ0n) is 11.9. The van der Waals surface area contributed by atoms with Crippen molar-refractivity contribution in [2.75, 3.05) is 5.32 Å². The highest BCUT2D eigenvalue weighted by atomic mass is 19.1. The fraction of sp³-hybridized carbons (Fsp3) is 0.375. The van der Waals surface area contributed by atoms with E-state index in [0.717, 1.165) is 18.4 Å². The molecule has 1 fully saturated rings. The quantitative estimate of drug-likeness (QED) is 0.911. The Hall–Kier alpha value is -2.17. The van der Waals surface area contributed by atoms with Crippen molar-refractivity contribution in [1.29, 1.82) is 0 Å². The maximum absolute atomic E-state index is 14.2. The lowest BCUT2D eigenvalue weighted by Gasteiger charge is -2.14. The van der Waals surface area contributed by atoms with Gasteiger partial charge >= 0.3 is 0 Å². The van der Waals surface area contributed by atoms with E-state index in [1.165, 1.54) is 18.9 Å². The molecule has 1 aliphatic rings. The van der Waals surface area contributed by atoms with E-state index in [1.807, 2.05) is 6.92 Å². The summed E-state index contributed by atoms with van der Waals surface area (Å²) in [6.07, 6.45) is 7.60. The molecule has 0 spiro atoms. The first-order chi connectivity index (χ1) is 10.1. The lowest BCUT2D eigenvalue weighted by atomic mass is 10.0. The van der Waals surface area contributed by atoms with Gasteiger partial charge in [0.15, 0.2) is 11.6 Å². The number of rotatable bonds is 3. The van der Waals surface area contributed by atoms with Gasteiger partial charge < -0.3 is 10.3 Å². The van der Waals surface area contributed by atoms with Gasteiger partial charge in [-0.1, -0.05) is 12.8 Å². The summed E-state index contributed by atoms with van der Waals surface area (Å²) in [5.74, 6) is -0.141. The molecule has 5 heteroatoms. The standard InChI is InChI=1S/C16H18FN3O/c1-10-6-7-18-16(21)14(10)11-8-13(17)15(19-9-11)20-12-4-2-3-5-12/h6-9,12H,2-5H2,1H3,(H,18,21)(H,19,20). The summed E-state index contributed by atoms with van der Waals surface area (Å²) in [5, 5.41) is 3.14. The van der Waals surface area contributed by atoms with Crippen molar-refractivity contribution in [1.82, 2.24) is 9.97 Å². The maximum atomic E-state index is 14.2. The lowest BCUT2D eigenvalue weighted by molar-refractivity contribution is 0.618. The second kappa shape index (κ2) is 5.68. The number of aromatic nitrogens is 2. The molecule has 4 nitrogen and oxygen atoms in total. The fourth-order valence-corrected chi connectivity index (χ4v) is 2.88. The summed E-state index contributed by atoms with van der Waals surface area (Å²) >= 11 is 0. The molecule has 3 rings (SSSR count). The third-order valence-corrected chi connectivity index (χ3v) is 4.00. The number of halogens is 1. The van der Waals surface area contributed by atoms with Crippen LogP contribution < -0.4 is 10.9 Å². The first-order valence-electron chi connectivity index (χ1n) is 7.26. The first-order valence-corrected chi connectivity index (χ1v) is 7.26. The molecule has 2 aromatic rings. The van der Waals surface area contributed by atoms with Crippen molar-refractivity contribution in [3.63, 3.8) is 0 Å². The Bertz CT molecular complexity index is 705. The number of hydrogen-bond acceptors (Lipinski definition) is 3. The minimum absolute atomic E-state index is 0.229. The number of aryl methyl sites for hydroxylation is 1. The van der Waals surface area contributed by atoms with Gasteiger partial charge in [0.2, 0.25) is 0 Å². The molecule has 0 unspecified atom stereocenters. The van der Waals surface area contributed by atoms with E-state index in [-0.39, 0.29) is 11.4 Å². The van der Waals surface area contributed by atoms with Crippen molar-refractivity contribution >= 4 is 5.82 Å². The van der Waals surface area contributed by atoms with Gasteiger partial charge in [-0.3, -0.25) is 4.79 Å². The minimum atomic E-state index is -0.415. The second-order valence-electron chi connectivity index (χ2n) is 5.54. The van der Waals surface area contributed by atoms with E-state index < -0.39 is 5.82 Å². The van der Waals surface area contributed by atoms with Crippen molar-refractivity contribution in [2.45, 2.75) is 38.6 Å². The van der Waals surface area contributed by atoms with Crippen LogP contribution in [-0.4, -0.2) is 16.0 Å². The lowest BCUT2D eigenvalue weighted by Crippen LogP contribution is -2.17. The van der Waals surface area contributed by atoms with E-state index in [9.17, 15) is 9.18 Å². The normalized spacial score (nSPS) is 15.3. The van der Waals surface area contributed by atoms with Gasteiger partial charge in [-0.05, 0) is 37.5 Å². The summed E-state index contributed by atoms with van der Waals surface area (Å²) < 4.78 is 14.2. The van der Waals surface area contributed by atoms with Crippen LogP contribution in [0.15, 0.2) is 29.3 Å². The van der Waals surface area contributed by atoms with E-state index in [1.54, 1.807) is 18.5 Å². The van der Waals surface area contributed by atoms with Crippen molar-refractivity contribution in [3.05, 3.63) is 46.3 Å². The monoisotopic (exact) mass is 287 g/mol. The molecule has 2 N–H and O–H groups in total. The van der Waals surface area contributed by atoms with Crippen LogP contribution in [0.1, 0.15) is 31.2 Å². The number of pyridine rings is 2. The highest BCUT2D eigenvalue weighted by molar-refractivity contribution is 5.66. The van der Waals surface area contributed by atoms with Gasteiger partial charge in [0.05, 0.1) is 5.56 Å². The molecule has 0 amide bonds. The van der Waals surface area contributed by atoms with E-state index in [0.29, 0.717) is 17.2 Å². The minimum Gasteiger partial charge on any atom is -0.365 e. The van der Waals surface area contributed by atoms with E-state index in [4.69, 9.17) is 0 Å². The number of hydrogen-bond donors (Lipinski definition) is 2. The molecule has 2 heterocycles. The van der Waals surface area contributed by atoms with Crippen LogP contribution in [0.2, 0.25) is 0 Å². The predicted molar refractivity (Wildman–Crippen MR) is 80.9 cm³/mol. The highest BCUT2D eigenvalue weighted by Crippen LogP contribution is 2.25. The average Bonchev–Trinajstić information content (AvgIpc) is 2.94. The fourth-order valence-electron chi connectivity index (χ4n) is 2.88. The smallest absolute Gasteiger partial charge is 0.256 e. The summed E-state index contributed by atoms with van der Waals surface area (Å²) in [5.41, 5.74) is 1.55. The zero-order valence-corrected chi connectivity index (χ0v) is 11.9. The summed E-state index contributed by atoms with van der Waals surface area (Å²) in [7, 11) is 0. The van der Waals surface area contributed by atoms with E-state index >= 15 is 0 Å². The van der Waals surface area contributed by atoms with Gasteiger partial charge in [-0.2, -0.15) is 0 Å². The molecule has 0 atom stereocenters. The molecule has 0 bridgehead atoms. The molecule has 1 aliphatic carbocycles. The van der Waals surface area contributed by atoms with Crippen LogP contribution in [-0.2, 0) is 0 Å². The predicted octanol–water partition coefficient (Wildman–Crippen LogP) is 3.24. The summed E-state index contributed by atoms with van der Waals surface area (Å²) in [6, 6.07) is 3.47. The van der Waals surface area contributed by atoms with Crippen LogP contribution in [0, 0.1) is 12.7 Å². The summed E-state index contributed by atoms with van der Waals surface area (Å²) in [6.45, 7) is 1.83. The van der Waals surface area contributed by atoms with Crippen LogP contribution in [0.5, 0.6) is 0 Å². The van der Waals surface area contributed by atoms with Crippen LogP contribution in [0.3, 0.4) is 0 Å². The van der Waals surface area contributed by atoms with Crippen LogP contribution in [0.25, 0.3) is 11.1 Å². The van der Waals surface area contributed by atoms with Gasteiger partial charge in [-0.15, -0.1) is 0 Å². The average molecular weight is 287 g/mol. The molecular formula is C16H18FN3O. The van der Waals surface area contributed by atoms with Crippen LogP contribution >= 0.6 is 0 Å². The van der Waals surface area contributed by atoms with Gasteiger partial charge in [0.25, 0.3) is 5.56 Å². The van der Waals surface area contributed by atoms with E-state index in [2.05, 4.69) is 15.3 Å². The highest BCUT2D eigenvalue weighted by Gasteiger charge is 2.17. The number of anilines is 1. The van der Waals surface area contributed by atoms with Gasteiger partial charge in [-0.25, -0.2) is 9.37 Å². The molecule has 110 valence electrons. The first kappa shape index (κ1) is 13.8. The Labute approximate surface area is 122 Å². The third-order valence-electron chi connectivity index (χ3n) is 4.00. The molecule has 0 aliphatic heterocycles. The Kier molecular flexibility index (Phi) is 3.73. The van der Waals surface area contributed by atoms with Crippen LogP contribution in [0.4, 0.5) is 10.2 Å². The van der Waals surface area contributed by atoms with Crippen molar-refractivity contribution < 1.29 is 4.39 Å². The van der Waals surface area contributed by atoms with Gasteiger partial charge in [0, 0.05) is 24.0 Å². The molecule has 1 saturated carbocycles. The molecule has 2 aromatic heterocycles. The third kappa shape index (κ3) is 2.82. The molecule has 0 saturated heterocycles. The zero-order chi connectivity index (χ0) is 14.8. The Morgan fingerprint density at radius 1 is 1.38 bits per heavy atom. The van der Waals surface area contributed by atoms with Crippen molar-refractivity contribution in [3.8, 4) is 11.1 Å². The largest absolute Gasteiger partial charge is 0.365 e. The molecule has 21 heavy (non-hydrogen) atoms. The topological polar surface area (TPSA) is 57.8 Å². The molecular weight excluding hydrogens is 269 g/mol. The summed E-state index contributed by atoms with van der Waals surface area (Å²) in [4.78, 5) is 18.7.